The van der Waals surface area contributed by atoms with E-state index in [4.69, 9.17) is 5.26 Å². The number of amides is 1. The smallest absolute Gasteiger partial charge is 0.242 e. The van der Waals surface area contributed by atoms with Gasteiger partial charge in [0.1, 0.15) is 11.9 Å². The summed E-state index contributed by atoms with van der Waals surface area (Å²) in [4.78, 5) is 14.9. The lowest BCUT2D eigenvalue weighted by molar-refractivity contribution is -0.129. The van der Waals surface area contributed by atoms with Crippen LogP contribution in [0.25, 0.3) is 5.69 Å². The van der Waals surface area contributed by atoms with Crippen molar-refractivity contribution in [3.8, 4) is 11.8 Å². The van der Waals surface area contributed by atoms with Crippen molar-refractivity contribution in [1.82, 2.24) is 20.0 Å². The second-order valence-electron chi connectivity index (χ2n) is 7.41. The maximum absolute atomic E-state index is 14.5. The van der Waals surface area contributed by atoms with Gasteiger partial charge in [0.05, 0.1) is 23.0 Å². The molecule has 1 atom stereocenters. The minimum atomic E-state index is -0.564. The van der Waals surface area contributed by atoms with Crippen LogP contribution >= 0.6 is 0 Å². The molecule has 2 heterocycles. The average molecular weight is 403 g/mol. The van der Waals surface area contributed by atoms with Crippen LogP contribution in [-0.2, 0) is 11.3 Å². The average Bonchev–Trinajstić information content (AvgIpc) is 3.04. The predicted molar refractivity (Wildman–Crippen MR) is 110 cm³/mol. The van der Waals surface area contributed by atoms with Crippen molar-refractivity contribution < 1.29 is 9.18 Å². The third-order valence-corrected chi connectivity index (χ3v) is 5.49. The van der Waals surface area contributed by atoms with Gasteiger partial charge in [-0.15, -0.1) is 0 Å². The van der Waals surface area contributed by atoms with Crippen LogP contribution < -0.4 is 5.32 Å². The molecule has 1 unspecified atom stereocenters. The largest absolute Gasteiger partial charge is 0.353 e. The van der Waals surface area contributed by atoms with E-state index in [1.165, 1.54) is 6.07 Å². The monoisotopic (exact) mass is 403 g/mol. The number of halogens is 1. The van der Waals surface area contributed by atoms with Crippen LogP contribution in [0, 0.1) is 31.0 Å². The Hall–Kier alpha value is -3.50. The molecule has 1 amide bonds. The zero-order valence-electron chi connectivity index (χ0n) is 16.9. The van der Waals surface area contributed by atoms with E-state index < -0.39 is 11.9 Å². The summed E-state index contributed by atoms with van der Waals surface area (Å²) in [5, 5.41) is 16.6. The first-order chi connectivity index (χ1) is 14.5. The number of hydrogen-bond acceptors (Lipinski definition) is 4. The standard InChI is InChI=1S/C23H22FN5O/c1-15-21(16(2)29(27-15)19-6-4-3-5-7-19)22-23(30)26-10-11-28(22)14-18-9-8-17(13-25)12-20(18)24/h3-9,12,22H,10-11,14H2,1-2H3,(H,26,30). The summed E-state index contributed by atoms with van der Waals surface area (Å²) in [6.07, 6.45) is 0. The second kappa shape index (κ2) is 8.09. The molecule has 0 saturated carbocycles. The summed E-state index contributed by atoms with van der Waals surface area (Å²) in [5.41, 5.74) is 4.14. The fourth-order valence-electron chi connectivity index (χ4n) is 4.03. The first kappa shape index (κ1) is 19.8. The number of carbonyl (C=O) groups excluding carboxylic acids is 1. The van der Waals surface area contributed by atoms with Gasteiger partial charge in [-0.05, 0) is 38.1 Å². The fourth-order valence-corrected chi connectivity index (χ4v) is 4.03. The highest BCUT2D eigenvalue weighted by molar-refractivity contribution is 5.84. The summed E-state index contributed by atoms with van der Waals surface area (Å²) >= 11 is 0. The molecule has 0 radical (unpaired) electrons. The second-order valence-corrected chi connectivity index (χ2v) is 7.41. The Labute approximate surface area is 174 Å². The van der Waals surface area contributed by atoms with E-state index in [1.807, 2.05) is 59.8 Å². The van der Waals surface area contributed by atoms with Crippen LogP contribution in [-0.4, -0.2) is 33.7 Å². The van der Waals surface area contributed by atoms with E-state index in [9.17, 15) is 9.18 Å². The Morgan fingerprint density at radius 1 is 1.23 bits per heavy atom. The first-order valence-electron chi connectivity index (χ1n) is 9.81. The number of aryl methyl sites for hydroxylation is 1. The Bertz CT molecular complexity index is 1130. The highest BCUT2D eigenvalue weighted by Gasteiger charge is 2.35. The van der Waals surface area contributed by atoms with Gasteiger partial charge in [-0.1, -0.05) is 24.3 Å². The molecule has 3 aromatic rings. The molecule has 6 nitrogen and oxygen atoms in total. The quantitative estimate of drug-likeness (QED) is 0.726. The van der Waals surface area contributed by atoms with Crippen LogP contribution in [0.3, 0.4) is 0 Å². The molecule has 1 aliphatic rings. The molecule has 1 fully saturated rings. The van der Waals surface area contributed by atoms with Gasteiger partial charge in [-0.3, -0.25) is 9.69 Å². The maximum atomic E-state index is 14.5. The van der Waals surface area contributed by atoms with E-state index in [1.54, 1.807) is 12.1 Å². The number of piperazine rings is 1. The summed E-state index contributed by atoms with van der Waals surface area (Å²) in [5.74, 6) is -0.554. The molecule has 2 aromatic carbocycles. The Morgan fingerprint density at radius 3 is 2.70 bits per heavy atom. The summed E-state index contributed by atoms with van der Waals surface area (Å²) in [6, 6.07) is 15.6. The third-order valence-electron chi connectivity index (χ3n) is 5.49. The Morgan fingerprint density at radius 2 is 2.00 bits per heavy atom. The number of hydrogen-bond donors (Lipinski definition) is 1. The summed E-state index contributed by atoms with van der Waals surface area (Å²) in [7, 11) is 0. The normalized spacial score (nSPS) is 16.9. The van der Waals surface area contributed by atoms with Gasteiger partial charge in [0.2, 0.25) is 5.91 Å². The van der Waals surface area contributed by atoms with Gasteiger partial charge in [-0.25, -0.2) is 9.07 Å². The molecule has 0 spiro atoms. The fraction of sp³-hybridized carbons (Fsp3) is 0.261. The summed E-state index contributed by atoms with van der Waals surface area (Å²) in [6.45, 7) is 5.20. The van der Waals surface area contributed by atoms with Crippen molar-refractivity contribution in [3.63, 3.8) is 0 Å². The maximum Gasteiger partial charge on any atom is 0.242 e. The molecule has 1 N–H and O–H groups in total. The van der Waals surface area contributed by atoms with Crippen molar-refractivity contribution in [2.75, 3.05) is 13.1 Å². The van der Waals surface area contributed by atoms with Crippen LogP contribution in [0.2, 0.25) is 0 Å². The molecule has 4 rings (SSSR count). The molecule has 0 bridgehead atoms. The molecule has 30 heavy (non-hydrogen) atoms. The number of benzene rings is 2. The van der Waals surface area contributed by atoms with Gasteiger partial charge >= 0.3 is 0 Å². The lowest BCUT2D eigenvalue weighted by atomic mass is 9.99. The van der Waals surface area contributed by atoms with Gasteiger partial charge in [-0.2, -0.15) is 10.4 Å². The number of carbonyl (C=O) groups is 1. The molecular formula is C23H22FN5O. The highest BCUT2D eigenvalue weighted by Crippen LogP contribution is 2.31. The van der Waals surface area contributed by atoms with Gasteiger partial charge in [0, 0.05) is 36.5 Å². The lowest BCUT2D eigenvalue weighted by Crippen LogP contribution is -2.49. The van der Waals surface area contributed by atoms with Crippen LogP contribution in [0.15, 0.2) is 48.5 Å². The van der Waals surface area contributed by atoms with E-state index in [-0.39, 0.29) is 18.0 Å². The van der Waals surface area contributed by atoms with E-state index >= 15 is 0 Å². The minimum Gasteiger partial charge on any atom is -0.353 e. The minimum absolute atomic E-state index is 0.117. The topological polar surface area (TPSA) is 74.0 Å². The number of rotatable bonds is 4. The van der Waals surface area contributed by atoms with Crippen LogP contribution in [0.1, 0.15) is 34.1 Å². The Kier molecular flexibility index (Phi) is 5.34. The molecule has 1 aliphatic heterocycles. The zero-order chi connectivity index (χ0) is 21.3. The van der Waals surface area contributed by atoms with Crippen LogP contribution in [0.4, 0.5) is 4.39 Å². The zero-order valence-corrected chi connectivity index (χ0v) is 16.9. The van der Waals surface area contributed by atoms with Gasteiger partial charge in [0.15, 0.2) is 0 Å². The molecule has 7 heteroatoms. The Balaban J connectivity index is 1.72. The van der Waals surface area contributed by atoms with Crippen molar-refractivity contribution in [3.05, 3.63) is 82.4 Å². The predicted octanol–water partition coefficient (Wildman–Crippen LogP) is 3.17. The highest BCUT2D eigenvalue weighted by atomic mass is 19.1. The van der Waals surface area contributed by atoms with Crippen molar-refractivity contribution in [2.45, 2.75) is 26.4 Å². The molecule has 152 valence electrons. The molecular weight excluding hydrogens is 381 g/mol. The summed E-state index contributed by atoms with van der Waals surface area (Å²) < 4.78 is 16.3. The van der Waals surface area contributed by atoms with Crippen molar-refractivity contribution in [1.29, 1.82) is 5.26 Å². The number of nitrogens with one attached hydrogen (secondary N) is 1. The van der Waals surface area contributed by atoms with E-state index in [0.29, 0.717) is 18.7 Å². The third kappa shape index (κ3) is 3.58. The number of nitrogens with zero attached hydrogens (tertiary/aromatic N) is 4. The number of nitriles is 1. The van der Waals surface area contributed by atoms with E-state index in [2.05, 4.69) is 10.4 Å². The lowest BCUT2D eigenvalue weighted by Gasteiger charge is -2.35. The number of aromatic nitrogens is 2. The van der Waals surface area contributed by atoms with Crippen molar-refractivity contribution in [2.24, 2.45) is 0 Å². The van der Waals surface area contributed by atoms with Gasteiger partial charge in [0.25, 0.3) is 0 Å². The SMILES string of the molecule is Cc1nn(-c2ccccc2)c(C)c1C1C(=O)NCCN1Cc1ccc(C#N)cc1F. The first-order valence-corrected chi connectivity index (χ1v) is 9.81. The molecule has 1 saturated heterocycles. The van der Waals surface area contributed by atoms with Gasteiger partial charge < -0.3 is 5.32 Å². The van der Waals surface area contributed by atoms with E-state index in [0.717, 1.165) is 22.6 Å². The van der Waals surface area contributed by atoms with Crippen LogP contribution in [0.5, 0.6) is 0 Å². The molecule has 1 aromatic heterocycles. The molecule has 0 aliphatic carbocycles. The van der Waals surface area contributed by atoms with Crippen molar-refractivity contribution >= 4 is 5.91 Å². The number of para-hydroxylation sites is 1.